The summed E-state index contributed by atoms with van der Waals surface area (Å²) in [6.45, 7) is 2.87. The van der Waals surface area contributed by atoms with Crippen LogP contribution in [0.3, 0.4) is 0 Å². The molecule has 5 rings (SSSR count). The number of aliphatic hydroxyl groups excluding tert-OH is 1. The number of amides is 1. The maximum Gasteiger partial charge on any atom is 0.248 e. The number of nitrogens with zero attached hydrogens (tertiary/aromatic N) is 2. The van der Waals surface area contributed by atoms with E-state index in [4.69, 9.17) is 21.1 Å². The standard InChI is InChI=1S/C27H32ClN3O4/c1-34-16-24(33)30-11-9-27(10-12-30)17-31(14-18-5-3-4-6-21(18)28)23(15-32)26-25(27)20-8-7-19(35-2)13-22(20)29-26/h3-8,13,23,29,32H,9-12,14-17H2,1-2H3/t23-/m0/s1. The van der Waals surface area contributed by atoms with Gasteiger partial charge >= 0.3 is 0 Å². The van der Waals surface area contributed by atoms with Crippen molar-refractivity contribution in [2.24, 2.45) is 0 Å². The number of aromatic nitrogens is 1. The van der Waals surface area contributed by atoms with E-state index in [1.165, 1.54) is 5.56 Å². The third kappa shape index (κ3) is 4.31. The predicted molar refractivity (Wildman–Crippen MR) is 136 cm³/mol. The topological polar surface area (TPSA) is 78.0 Å². The molecule has 2 aliphatic rings. The van der Waals surface area contributed by atoms with Crippen LogP contribution in [0.5, 0.6) is 5.75 Å². The number of likely N-dealkylation sites (tertiary alicyclic amines) is 1. The van der Waals surface area contributed by atoms with E-state index in [0.717, 1.165) is 52.3 Å². The van der Waals surface area contributed by atoms with E-state index in [2.05, 4.69) is 16.0 Å². The fraction of sp³-hybridized carbons (Fsp3) is 0.444. The largest absolute Gasteiger partial charge is 0.497 e. The van der Waals surface area contributed by atoms with E-state index in [1.807, 2.05) is 41.3 Å². The molecule has 186 valence electrons. The molecule has 1 amide bonds. The van der Waals surface area contributed by atoms with Gasteiger partial charge in [0.25, 0.3) is 0 Å². The van der Waals surface area contributed by atoms with Crippen LogP contribution >= 0.6 is 11.6 Å². The summed E-state index contributed by atoms with van der Waals surface area (Å²) in [4.78, 5) is 20.4. The van der Waals surface area contributed by atoms with Crippen molar-refractivity contribution in [3.63, 3.8) is 0 Å². The van der Waals surface area contributed by atoms with Crippen molar-refractivity contribution in [3.05, 3.63) is 64.3 Å². The number of rotatable bonds is 6. The minimum atomic E-state index is -0.182. The molecule has 2 aromatic carbocycles. The zero-order valence-corrected chi connectivity index (χ0v) is 21.0. The van der Waals surface area contributed by atoms with Crippen molar-refractivity contribution in [3.8, 4) is 5.75 Å². The Hall–Kier alpha value is -2.58. The van der Waals surface area contributed by atoms with E-state index in [1.54, 1.807) is 14.2 Å². The molecule has 0 saturated carbocycles. The number of nitrogens with one attached hydrogen (secondary N) is 1. The monoisotopic (exact) mass is 497 g/mol. The highest BCUT2D eigenvalue weighted by atomic mass is 35.5. The Balaban J connectivity index is 1.58. The van der Waals surface area contributed by atoms with Crippen LogP contribution in [0, 0.1) is 0 Å². The van der Waals surface area contributed by atoms with Gasteiger partial charge in [-0.3, -0.25) is 9.69 Å². The van der Waals surface area contributed by atoms with Gasteiger partial charge in [0.15, 0.2) is 0 Å². The molecule has 3 aromatic rings. The lowest BCUT2D eigenvalue weighted by Crippen LogP contribution is -2.54. The number of carbonyl (C=O) groups is 1. The number of aliphatic hydroxyl groups is 1. The number of benzene rings is 2. The minimum absolute atomic E-state index is 0.00403. The third-order valence-corrected chi connectivity index (χ3v) is 8.06. The van der Waals surface area contributed by atoms with Crippen LogP contribution in [-0.4, -0.2) is 72.9 Å². The van der Waals surface area contributed by atoms with Crippen molar-refractivity contribution in [2.45, 2.75) is 30.8 Å². The molecule has 7 nitrogen and oxygen atoms in total. The summed E-state index contributed by atoms with van der Waals surface area (Å²) < 4.78 is 10.6. The molecule has 8 heteroatoms. The highest BCUT2D eigenvalue weighted by Crippen LogP contribution is 2.49. The first kappa shape index (κ1) is 24.1. The molecule has 0 unspecified atom stereocenters. The second-order valence-corrected chi connectivity index (χ2v) is 10.0. The molecule has 2 N–H and O–H groups in total. The number of halogens is 1. The number of aromatic amines is 1. The Morgan fingerprint density at radius 3 is 2.66 bits per heavy atom. The fourth-order valence-electron chi connectivity index (χ4n) is 5.93. The fourth-order valence-corrected chi connectivity index (χ4v) is 6.13. The first-order chi connectivity index (χ1) is 17.0. The lowest BCUT2D eigenvalue weighted by molar-refractivity contribution is -0.137. The normalized spacial score (nSPS) is 19.8. The van der Waals surface area contributed by atoms with Crippen molar-refractivity contribution in [2.75, 3.05) is 47.1 Å². The van der Waals surface area contributed by atoms with E-state index >= 15 is 0 Å². The molecular formula is C27H32ClN3O4. The molecule has 0 radical (unpaired) electrons. The number of hydrogen-bond donors (Lipinski definition) is 2. The van der Waals surface area contributed by atoms with E-state index in [-0.39, 0.29) is 30.6 Å². The highest BCUT2D eigenvalue weighted by molar-refractivity contribution is 6.31. The molecular weight excluding hydrogens is 466 g/mol. The summed E-state index contributed by atoms with van der Waals surface area (Å²) in [5.41, 5.74) is 4.20. The Labute approximate surface area is 210 Å². The Morgan fingerprint density at radius 1 is 1.20 bits per heavy atom. The Kier molecular flexibility index (Phi) is 6.77. The molecule has 1 spiro atoms. The maximum atomic E-state index is 12.5. The van der Waals surface area contributed by atoms with Gasteiger partial charge in [0.1, 0.15) is 12.4 Å². The number of carbonyl (C=O) groups excluding carboxylic acids is 1. The number of piperidine rings is 1. The molecule has 3 heterocycles. The van der Waals surface area contributed by atoms with Crippen LogP contribution in [-0.2, 0) is 21.5 Å². The number of ether oxygens (including phenoxy) is 2. The smallest absolute Gasteiger partial charge is 0.248 e. The second-order valence-electron chi connectivity index (χ2n) is 9.61. The van der Waals surface area contributed by atoms with Gasteiger partial charge in [-0.25, -0.2) is 0 Å². The number of fused-ring (bicyclic) bond motifs is 4. The Bertz CT molecular complexity index is 1220. The van der Waals surface area contributed by atoms with Gasteiger partial charge in [-0.1, -0.05) is 29.8 Å². The molecule has 35 heavy (non-hydrogen) atoms. The minimum Gasteiger partial charge on any atom is -0.497 e. The average Bonchev–Trinajstić information content (AvgIpc) is 3.25. The lowest BCUT2D eigenvalue weighted by atomic mass is 9.68. The van der Waals surface area contributed by atoms with Crippen molar-refractivity contribution < 1.29 is 19.4 Å². The van der Waals surface area contributed by atoms with Gasteiger partial charge in [-0.05, 0) is 42.2 Å². The van der Waals surface area contributed by atoms with E-state index in [0.29, 0.717) is 19.6 Å². The van der Waals surface area contributed by atoms with Gasteiger partial charge in [0, 0.05) is 66.4 Å². The summed E-state index contributed by atoms with van der Waals surface area (Å²) in [7, 11) is 3.22. The van der Waals surface area contributed by atoms with E-state index in [9.17, 15) is 9.90 Å². The van der Waals surface area contributed by atoms with Crippen LogP contribution in [0.4, 0.5) is 0 Å². The van der Waals surface area contributed by atoms with Crippen LogP contribution in [0.2, 0.25) is 5.02 Å². The van der Waals surface area contributed by atoms with E-state index < -0.39 is 0 Å². The van der Waals surface area contributed by atoms with Crippen LogP contribution in [0.1, 0.15) is 35.7 Å². The maximum absolute atomic E-state index is 12.5. The van der Waals surface area contributed by atoms with Crippen LogP contribution in [0.15, 0.2) is 42.5 Å². The number of H-pyrrole nitrogens is 1. The summed E-state index contributed by atoms with van der Waals surface area (Å²) in [5, 5.41) is 12.4. The SMILES string of the molecule is COCC(=O)N1CCC2(CC1)CN(Cc1ccccc1Cl)[C@@H](CO)c1[nH]c3cc(OC)ccc3c12. The Morgan fingerprint density at radius 2 is 1.97 bits per heavy atom. The number of hydrogen-bond acceptors (Lipinski definition) is 5. The predicted octanol–water partition coefficient (Wildman–Crippen LogP) is 3.89. The van der Waals surface area contributed by atoms with Crippen LogP contribution in [0.25, 0.3) is 10.9 Å². The van der Waals surface area contributed by atoms with Gasteiger partial charge < -0.3 is 24.5 Å². The quantitative estimate of drug-likeness (QED) is 0.540. The molecule has 0 bridgehead atoms. The summed E-state index contributed by atoms with van der Waals surface area (Å²) in [6.07, 6.45) is 1.68. The average molecular weight is 498 g/mol. The van der Waals surface area contributed by atoms with Crippen molar-refractivity contribution >= 4 is 28.4 Å². The van der Waals surface area contributed by atoms with Gasteiger partial charge in [0.05, 0.1) is 19.8 Å². The summed E-state index contributed by atoms with van der Waals surface area (Å²) >= 11 is 6.53. The summed E-state index contributed by atoms with van der Waals surface area (Å²) in [5.74, 6) is 0.821. The van der Waals surface area contributed by atoms with Gasteiger partial charge in [-0.15, -0.1) is 0 Å². The van der Waals surface area contributed by atoms with Crippen LogP contribution < -0.4 is 4.74 Å². The zero-order chi connectivity index (χ0) is 24.6. The highest BCUT2D eigenvalue weighted by Gasteiger charge is 2.47. The van der Waals surface area contributed by atoms with Crippen molar-refractivity contribution in [1.82, 2.24) is 14.8 Å². The first-order valence-electron chi connectivity index (χ1n) is 12.0. The molecule has 2 aliphatic heterocycles. The lowest BCUT2D eigenvalue weighted by Gasteiger charge is -2.50. The molecule has 1 aromatic heterocycles. The number of methoxy groups -OCH3 is 2. The van der Waals surface area contributed by atoms with Gasteiger partial charge in [-0.2, -0.15) is 0 Å². The second kappa shape index (κ2) is 9.82. The molecule has 1 saturated heterocycles. The first-order valence-corrected chi connectivity index (χ1v) is 12.4. The molecule has 1 fully saturated rings. The third-order valence-electron chi connectivity index (χ3n) is 7.69. The molecule has 1 atom stereocenters. The zero-order valence-electron chi connectivity index (χ0n) is 20.2. The van der Waals surface area contributed by atoms with Gasteiger partial charge in [0.2, 0.25) is 5.91 Å². The molecule has 0 aliphatic carbocycles. The summed E-state index contributed by atoms with van der Waals surface area (Å²) in [6, 6.07) is 13.8. The van der Waals surface area contributed by atoms with Crippen molar-refractivity contribution in [1.29, 1.82) is 0 Å².